The predicted molar refractivity (Wildman–Crippen MR) is 63.0 cm³/mol. The van der Waals surface area contributed by atoms with Crippen LogP contribution < -0.4 is 0 Å². The third-order valence-corrected chi connectivity index (χ3v) is 5.58. The molecule has 0 bridgehead atoms. The van der Waals surface area contributed by atoms with Gasteiger partial charge in [0.1, 0.15) is 0 Å². The van der Waals surface area contributed by atoms with Crippen LogP contribution in [0.3, 0.4) is 0 Å². The summed E-state index contributed by atoms with van der Waals surface area (Å²) in [6.07, 6.45) is 1.61. The second-order valence-corrected chi connectivity index (χ2v) is 7.59. The molecule has 0 aliphatic carbocycles. The minimum Gasteiger partial charge on any atom is -0.390 e. The Bertz CT molecular complexity index is 354. The molecule has 0 aromatic carbocycles. The molecule has 2 saturated heterocycles. The van der Waals surface area contributed by atoms with Crippen LogP contribution >= 0.6 is 0 Å². The molecule has 0 spiro atoms. The molecule has 5 heteroatoms. The van der Waals surface area contributed by atoms with E-state index in [1.54, 1.807) is 0 Å². The molecule has 4 nitrogen and oxygen atoms in total. The highest BCUT2D eigenvalue weighted by Gasteiger charge is 2.42. The van der Waals surface area contributed by atoms with Crippen LogP contribution in [0.1, 0.15) is 26.7 Å². The van der Waals surface area contributed by atoms with Gasteiger partial charge in [0.05, 0.1) is 23.7 Å². The maximum absolute atomic E-state index is 11.5. The normalized spacial score (nSPS) is 44.7. The first-order chi connectivity index (χ1) is 7.39. The van der Waals surface area contributed by atoms with Crippen molar-refractivity contribution in [3.63, 3.8) is 0 Å². The monoisotopic (exact) mass is 247 g/mol. The number of sulfone groups is 1. The van der Waals surface area contributed by atoms with Crippen LogP contribution in [0.4, 0.5) is 0 Å². The van der Waals surface area contributed by atoms with Gasteiger partial charge in [0.2, 0.25) is 0 Å². The highest BCUT2D eigenvalue weighted by molar-refractivity contribution is 7.91. The van der Waals surface area contributed by atoms with Crippen molar-refractivity contribution in [2.24, 2.45) is 5.92 Å². The van der Waals surface area contributed by atoms with Crippen molar-refractivity contribution in [3.8, 4) is 0 Å². The number of piperidine rings is 1. The maximum atomic E-state index is 11.5. The largest absolute Gasteiger partial charge is 0.390 e. The van der Waals surface area contributed by atoms with E-state index < -0.39 is 15.9 Å². The number of rotatable bonds is 1. The fourth-order valence-electron chi connectivity index (χ4n) is 2.91. The maximum Gasteiger partial charge on any atom is 0.154 e. The molecule has 2 aliphatic heterocycles. The molecular weight excluding hydrogens is 226 g/mol. The van der Waals surface area contributed by atoms with Crippen LogP contribution in [0.15, 0.2) is 0 Å². The molecule has 2 heterocycles. The standard InChI is InChI=1S/C11H21NO3S/c1-8-3-4-9(2)12(5-8)10-6-16(14,15)7-11(10)13/h8-11,13H,3-7H2,1-2H3. The molecule has 16 heavy (non-hydrogen) atoms. The van der Waals surface area contributed by atoms with E-state index in [1.165, 1.54) is 6.42 Å². The van der Waals surface area contributed by atoms with Gasteiger partial charge >= 0.3 is 0 Å². The van der Waals surface area contributed by atoms with E-state index in [0.29, 0.717) is 12.0 Å². The van der Waals surface area contributed by atoms with Crippen molar-refractivity contribution in [1.82, 2.24) is 4.90 Å². The van der Waals surface area contributed by atoms with Crippen molar-refractivity contribution < 1.29 is 13.5 Å². The van der Waals surface area contributed by atoms with Gasteiger partial charge in [0.25, 0.3) is 0 Å². The summed E-state index contributed by atoms with van der Waals surface area (Å²) in [5, 5.41) is 9.86. The molecule has 2 fully saturated rings. The highest BCUT2D eigenvalue weighted by Crippen LogP contribution is 2.28. The SMILES string of the molecule is CC1CCC(C)N(C2CS(=O)(=O)CC2O)C1. The number of hydrogen-bond acceptors (Lipinski definition) is 4. The molecular formula is C11H21NO3S. The lowest BCUT2D eigenvalue weighted by Gasteiger charge is -2.41. The Kier molecular flexibility index (Phi) is 3.29. The van der Waals surface area contributed by atoms with Crippen LogP contribution in [-0.2, 0) is 9.84 Å². The van der Waals surface area contributed by atoms with E-state index in [-0.39, 0.29) is 17.5 Å². The highest BCUT2D eigenvalue weighted by atomic mass is 32.2. The number of aliphatic hydroxyl groups excluding tert-OH is 1. The smallest absolute Gasteiger partial charge is 0.154 e. The van der Waals surface area contributed by atoms with E-state index in [4.69, 9.17) is 0 Å². The van der Waals surface area contributed by atoms with Crippen molar-refractivity contribution in [3.05, 3.63) is 0 Å². The Morgan fingerprint density at radius 1 is 1.19 bits per heavy atom. The Morgan fingerprint density at radius 2 is 1.88 bits per heavy atom. The average molecular weight is 247 g/mol. The van der Waals surface area contributed by atoms with Crippen LogP contribution in [0.5, 0.6) is 0 Å². The van der Waals surface area contributed by atoms with E-state index in [0.717, 1.165) is 13.0 Å². The quantitative estimate of drug-likeness (QED) is 0.722. The molecule has 0 saturated carbocycles. The van der Waals surface area contributed by atoms with E-state index in [1.807, 2.05) is 0 Å². The third-order valence-electron chi connectivity index (χ3n) is 3.89. The Labute approximate surface area is 97.6 Å². The molecule has 94 valence electrons. The summed E-state index contributed by atoms with van der Waals surface area (Å²) in [6, 6.07) is 0.215. The molecule has 1 N–H and O–H groups in total. The Morgan fingerprint density at radius 3 is 2.44 bits per heavy atom. The summed E-state index contributed by atoms with van der Waals surface area (Å²) >= 11 is 0. The van der Waals surface area contributed by atoms with Gasteiger partial charge in [-0.1, -0.05) is 6.92 Å². The first kappa shape index (κ1) is 12.3. The van der Waals surface area contributed by atoms with Gasteiger partial charge in [0, 0.05) is 12.6 Å². The van der Waals surface area contributed by atoms with Crippen LogP contribution in [-0.4, -0.2) is 54.7 Å². The summed E-state index contributed by atoms with van der Waals surface area (Å²) < 4.78 is 23.0. The van der Waals surface area contributed by atoms with E-state index >= 15 is 0 Å². The summed E-state index contributed by atoms with van der Waals surface area (Å²) in [6.45, 7) is 5.23. The van der Waals surface area contributed by atoms with Gasteiger partial charge in [-0.15, -0.1) is 0 Å². The van der Waals surface area contributed by atoms with Crippen molar-refractivity contribution in [1.29, 1.82) is 0 Å². The molecule has 0 aromatic rings. The average Bonchev–Trinajstić information content (AvgIpc) is 2.44. The Balaban J connectivity index is 2.12. The Hall–Kier alpha value is -0.130. The summed E-state index contributed by atoms with van der Waals surface area (Å²) in [5.74, 6) is 0.673. The number of likely N-dealkylation sites (tertiary alicyclic amines) is 1. The van der Waals surface area contributed by atoms with Crippen LogP contribution in [0.2, 0.25) is 0 Å². The molecule has 2 rings (SSSR count). The van der Waals surface area contributed by atoms with Crippen molar-refractivity contribution in [2.75, 3.05) is 18.1 Å². The van der Waals surface area contributed by atoms with Gasteiger partial charge in [0.15, 0.2) is 9.84 Å². The van der Waals surface area contributed by atoms with E-state index in [9.17, 15) is 13.5 Å². The second kappa shape index (κ2) is 4.27. The lowest BCUT2D eigenvalue weighted by Crippen LogP contribution is -2.51. The zero-order valence-corrected chi connectivity index (χ0v) is 10.8. The zero-order chi connectivity index (χ0) is 11.9. The summed E-state index contributed by atoms with van der Waals surface area (Å²) in [7, 11) is -3.03. The lowest BCUT2D eigenvalue weighted by molar-refractivity contribution is 0.0252. The number of aliphatic hydroxyl groups is 1. The molecule has 0 radical (unpaired) electrons. The predicted octanol–water partition coefficient (Wildman–Crippen LogP) is 0.265. The number of hydrogen-bond donors (Lipinski definition) is 1. The van der Waals surface area contributed by atoms with Gasteiger partial charge in [-0.05, 0) is 25.7 Å². The van der Waals surface area contributed by atoms with Gasteiger partial charge < -0.3 is 5.11 Å². The first-order valence-electron chi connectivity index (χ1n) is 6.03. The fourth-order valence-corrected chi connectivity index (χ4v) is 4.72. The molecule has 2 aliphatic rings. The minimum absolute atomic E-state index is 0.0603. The number of nitrogens with zero attached hydrogens (tertiary/aromatic N) is 1. The van der Waals surface area contributed by atoms with Gasteiger partial charge in [-0.25, -0.2) is 8.42 Å². The first-order valence-corrected chi connectivity index (χ1v) is 7.85. The molecule has 0 amide bonds. The minimum atomic E-state index is -3.03. The van der Waals surface area contributed by atoms with Crippen LogP contribution in [0, 0.1) is 5.92 Å². The lowest BCUT2D eigenvalue weighted by atomic mass is 9.93. The van der Waals surface area contributed by atoms with E-state index in [2.05, 4.69) is 18.7 Å². The zero-order valence-electron chi connectivity index (χ0n) is 9.96. The molecule has 0 aromatic heterocycles. The summed E-state index contributed by atoms with van der Waals surface area (Å²) in [5.41, 5.74) is 0. The third kappa shape index (κ3) is 2.41. The molecule has 4 unspecified atom stereocenters. The topological polar surface area (TPSA) is 57.6 Å². The van der Waals surface area contributed by atoms with Gasteiger partial charge in [-0.2, -0.15) is 0 Å². The van der Waals surface area contributed by atoms with Crippen LogP contribution in [0.25, 0.3) is 0 Å². The fraction of sp³-hybridized carbons (Fsp3) is 1.00. The second-order valence-electron chi connectivity index (χ2n) is 5.44. The van der Waals surface area contributed by atoms with Gasteiger partial charge in [-0.3, -0.25) is 4.90 Å². The molecule has 4 atom stereocenters. The van der Waals surface area contributed by atoms with Crippen molar-refractivity contribution in [2.45, 2.75) is 44.9 Å². The van der Waals surface area contributed by atoms with Crippen molar-refractivity contribution >= 4 is 9.84 Å². The summed E-state index contributed by atoms with van der Waals surface area (Å²) in [4.78, 5) is 2.20.